The molecule has 1 aromatic carbocycles. The van der Waals surface area contributed by atoms with Gasteiger partial charge in [-0.1, -0.05) is 0 Å². The van der Waals surface area contributed by atoms with E-state index in [1.54, 1.807) is 0 Å². The normalized spacial score (nSPS) is 24.4. The third kappa shape index (κ3) is 1.74. The van der Waals surface area contributed by atoms with Crippen LogP contribution in [0.1, 0.15) is 30.5 Å². The first kappa shape index (κ1) is 12.3. The van der Waals surface area contributed by atoms with Crippen molar-refractivity contribution in [1.82, 2.24) is 0 Å². The van der Waals surface area contributed by atoms with Gasteiger partial charge in [0.05, 0.1) is 4.47 Å². The van der Waals surface area contributed by atoms with Gasteiger partial charge in [-0.25, -0.2) is 0 Å². The van der Waals surface area contributed by atoms with Gasteiger partial charge >= 0.3 is 0 Å². The molecule has 0 aliphatic carbocycles. The van der Waals surface area contributed by atoms with Gasteiger partial charge in [-0.2, -0.15) is 0 Å². The van der Waals surface area contributed by atoms with Crippen molar-refractivity contribution < 1.29 is 9.47 Å². The van der Waals surface area contributed by atoms with E-state index in [1.165, 1.54) is 16.7 Å². The summed E-state index contributed by atoms with van der Waals surface area (Å²) in [5.74, 6) is 2.07. The number of rotatable bonds is 2. The van der Waals surface area contributed by atoms with Gasteiger partial charge in [0.15, 0.2) is 0 Å². The van der Waals surface area contributed by atoms with Gasteiger partial charge in [0.2, 0.25) is 0 Å². The number of nitrogens with two attached hydrogens (primary N) is 1. The summed E-state index contributed by atoms with van der Waals surface area (Å²) in [6, 6.07) is 0. The Labute approximate surface area is 116 Å². The average molecular weight is 312 g/mol. The standard InChI is InChI=1S/C14H18BrNO2/c1-7-5-10-9(3-4-16)13-11(6-8(2)17-13)12(15)14(10)18-7/h7-8H,3-6,16H2,1-2H3. The second-order valence-electron chi connectivity index (χ2n) is 5.21. The summed E-state index contributed by atoms with van der Waals surface area (Å²) in [6.45, 7) is 4.85. The van der Waals surface area contributed by atoms with Crippen LogP contribution in [-0.4, -0.2) is 18.8 Å². The van der Waals surface area contributed by atoms with E-state index in [1.807, 2.05) is 0 Å². The Kier molecular flexibility index (Phi) is 3.02. The van der Waals surface area contributed by atoms with Crippen LogP contribution in [0.2, 0.25) is 0 Å². The lowest BCUT2D eigenvalue weighted by Crippen LogP contribution is -2.10. The predicted molar refractivity (Wildman–Crippen MR) is 74.5 cm³/mol. The molecule has 2 N–H and O–H groups in total. The molecule has 18 heavy (non-hydrogen) atoms. The maximum Gasteiger partial charge on any atom is 0.138 e. The number of fused-ring (bicyclic) bond motifs is 2. The van der Waals surface area contributed by atoms with E-state index in [0.717, 1.165) is 35.2 Å². The Morgan fingerprint density at radius 2 is 1.72 bits per heavy atom. The van der Waals surface area contributed by atoms with E-state index in [9.17, 15) is 0 Å². The topological polar surface area (TPSA) is 44.5 Å². The maximum atomic E-state index is 5.99. The molecule has 2 atom stereocenters. The van der Waals surface area contributed by atoms with E-state index in [0.29, 0.717) is 6.54 Å². The number of halogens is 1. The molecule has 2 aliphatic rings. The predicted octanol–water partition coefficient (Wildman–Crippen LogP) is 2.60. The first-order chi connectivity index (χ1) is 8.61. The SMILES string of the molecule is CC1Cc2c(CCN)c3c(c(Br)c2O1)CC(C)O3. The van der Waals surface area contributed by atoms with Crippen molar-refractivity contribution >= 4 is 15.9 Å². The molecule has 0 bridgehead atoms. The highest BCUT2D eigenvalue weighted by Crippen LogP contribution is 2.49. The fourth-order valence-electron chi connectivity index (χ4n) is 2.96. The molecule has 0 radical (unpaired) electrons. The van der Waals surface area contributed by atoms with Crippen molar-refractivity contribution in [3.8, 4) is 11.5 Å². The van der Waals surface area contributed by atoms with E-state index in [2.05, 4.69) is 29.8 Å². The molecule has 0 fully saturated rings. The maximum absolute atomic E-state index is 5.99. The smallest absolute Gasteiger partial charge is 0.138 e. The molecule has 0 aromatic heterocycles. The third-order valence-corrected chi connectivity index (χ3v) is 4.51. The summed E-state index contributed by atoms with van der Waals surface area (Å²) in [4.78, 5) is 0. The molecule has 0 amide bonds. The number of hydrogen-bond acceptors (Lipinski definition) is 3. The van der Waals surface area contributed by atoms with Crippen molar-refractivity contribution in [2.75, 3.05) is 6.54 Å². The lowest BCUT2D eigenvalue weighted by Gasteiger charge is -2.14. The van der Waals surface area contributed by atoms with Crippen LogP contribution < -0.4 is 15.2 Å². The fourth-order valence-corrected chi connectivity index (χ4v) is 3.63. The molecule has 3 nitrogen and oxygen atoms in total. The second-order valence-corrected chi connectivity index (χ2v) is 6.00. The Morgan fingerprint density at radius 3 is 2.39 bits per heavy atom. The minimum absolute atomic E-state index is 0.243. The van der Waals surface area contributed by atoms with Gasteiger partial charge in [-0.15, -0.1) is 0 Å². The summed E-state index contributed by atoms with van der Waals surface area (Å²) in [6.07, 6.45) is 3.24. The Balaban J connectivity index is 2.19. The Morgan fingerprint density at radius 1 is 1.11 bits per heavy atom. The molecule has 2 heterocycles. The number of hydrogen-bond donors (Lipinski definition) is 1. The molecule has 4 heteroatoms. The Hall–Kier alpha value is -0.740. The third-order valence-electron chi connectivity index (χ3n) is 3.67. The van der Waals surface area contributed by atoms with Crippen LogP contribution in [0.5, 0.6) is 11.5 Å². The van der Waals surface area contributed by atoms with Crippen molar-refractivity contribution in [3.63, 3.8) is 0 Å². The molecule has 0 saturated carbocycles. The summed E-state index contributed by atoms with van der Waals surface area (Å²) < 4.78 is 13.0. The van der Waals surface area contributed by atoms with Gasteiger partial charge < -0.3 is 15.2 Å². The van der Waals surface area contributed by atoms with Crippen molar-refractivity contribution in [1.29, 1.82) is 0 Å². The zero-order valence-electron chi connectivity index (χ0n) is 10.8. The highest BCUT2D eigenvalue weighted by Gasteiger charge is 2.34. The largest absolute Gasteiger partial charge is 0.490 e. The average Bonchev–Trinajstić information content (AvgIpc) is 2.88. The van der Waals surface area contributed by atoms with Gasteiger partial charge in [-0.05, 0) is 42.7 Å². The van der Waals surface area contributed by atoms with Gasteiger partial charge in [0.1, 0.15) is 23.7 Å². The van der Waals surface area contributed by atoms with E-state index in [-0.39, 0.29) is 12.2 Å². The van der Waals surface area contributed by atoms with E-state index < -0.39 is 0 Å². The first-order valence-electron chi connectivity index (χ1n) is 6.51. The highest BCUT2D eigenvalue weighted by atomic mass is 79.9. The molecular formula is C14H18BrNO2. The van der Waals surface area contributed by atoms with Crippen LogP contribution in [0.3, 0.4) is 0 Å². The quantitative estimate of drug-likeness (QED) is 0.913. The second kappa shape index (κ2) is 4.42. The first-order valence-corrected chi connectivity index (χ1v) is 7.30. The Bertz CT molecular complexity index is 462. The minimum Gasteiger partial charge on any atom is -0.490 e. The van der Waals surface area contributed by atoms with Gasteiger partial charge in [0, 0.05) is 29.5 Å². The van der Waals surface area contributed by atoms with E-state index >= 15 is 0 Å². The van der Waals surface area contributed by atoms with Crippen LogP contribution in [-0.2, 0) is 19.3 Å². The van der Waals surface area contributed by atoms with Crippen LogP contribution in [0, 0.1) is 0 Å². The molecule has 2 unspecified atom stereocenters. The minimum atomic E-state index is 0.243. The lowest BCUT2D eigenvalue weighted by atomic mass is 9.96. The van der Waals surface area contributed by atoms with Crippen molar-refractivity contribution in [2.45, 2.75) is 45.3 Å². The monoisotopic (exact) mass is 311 g/mol. The van der Waals surface area contributed by atoms with Crippen molar-refractivity contribution in [2.24, 2.45) is 5.73 Å². The summed E-state index contributed by atoms with van der Waals surface area (Å²) in [5.41, 5.74) is 9.55. The van der Waals surface area contributed by atoms with Crippen LogP contribution in [0.25, 0.3) is 0 Å². The lowest BCUT2D eigenvalue weighted by molar-refractivity contribution is 0.251. The van der Waals surface area contributed by atoms with Crippen LogP contribution in [0.4, 0.5) is 0 Å². The zero-order chi connectivity index (χ0) is 12.9. The molecule has 0 saturated heterocycles. The number of benzene rings is 1. The zero-order valence-corrected chi connectivity index (χ0v) is 12.3. The number of ether oxygens (including phenoxy) is 2. The van der Waals surface area contributed by atoms with Crippen LogP contribution in [0.15, 0.2) is 4.47 Å². The van der Waals surface area contributed by atoms with E-state index in [4.69, 9.17) is 15.2 Å². The molecule has 98 valence electrons. The molecule has 3 rings (SSSR count). The summed E-state index contributed by atoms with van der Waals surface area (Å²) >= 11 is 3.69. The molecule has 1 aromatic rings. The molecular weight excluding hydrogens is 294 g/mol. The summed E-state index contributed by atoms with van der Waals surface area (Å²) in [5, 5.41) is 0. The molecule has 2 aliphatic heterocycles. The van der Waals surface area contributed by atoms with Gasteiger partial charge in [-0.3, -0.25) is 0 Å². The fraction of sp³-hybridized carbons (Fsp3) is 0.571. The van der Waals surface area contributed by atoms with Gasteiger partial charge in [0.25, 0.3) is 0 Å². The van der Waals surface area contributed by atoms with Crippen LogP contribution >= 0.6 is 15.9 Å². The summed E-state index contributed by atoms with van der Waals surface area (Å²) in [7, 11) is 0. The molecule has 0 spiro atoms. The van der Waals surface area contributed by atoms with Crippen molar-refractivity contribution in [3.05, 3.63) is 21.2 Å². The highest BCUT2D eigenvalue weighted by molar-refractivity contribution is 9.10.